The smallest absolute Gasteiger partial charge is 0.0431 e. The fourth-order valence-corrected chi connectivity index (χ4v) is 2.84. The summed E-state index contributed by atoms with van der Waals surface area (Å²) in [6.07, 6.45) is 10.4. The third kappa shape index (κ3) is 5.68. The van der Waals surface area contributed by atoms with Crippen LogP contribution in [0, 0.1) is 5.92 Å². The van der Waals surface area contributed by atoms with Crippen LogP contribution in [0.2, 0.25) is 0 Å². The van der Waals surface area contributed by atoms with E-state index in [1.54, 1.807) is 0 Å². The van der Waals surface area contributed by atoms with Gasteiger partial charge in [-0.25, -0.2) is 0 Å². The Kier molecular flexibility index (Phi) is 6.46. The number of hydrogen-bond donors (Lipinski definition) is 2. The first kappa shape index (κ1) is 14.3. The Bertz CT molecular complexity index is 211. The lowest BCUT2D eigenvalue weighted by molar-refractivity contribution is 0.178. The normalized spacial score (nSPS) is 22.5. The number of likely N-dealkylation sites (tertiary alicyclic amines) is 1. The zero-order chi connectivity index (χ0) is 12.6. The van der Waals surface area contributed by atoms with Gasteiger partial charge in [-0.1, -0.05) is 12.8 Å². The van der Waals surface area contributed by atoms with E-state index in [1.165, 1.54) is 71.1 Å². The topological polar surface area (TPSA) is 35.5 Å². The number of piperidine rings is 1. The SMILES string of the molecule is OCCCCCCN1CCC(CNC2CC2)CC1. The molecule has 106 valence electrons. The first-order valence-corrected chi connectivity index (χ1v) is 7.95. The van der Waals surface area contributed by atoms with E-state index in [-0.39, 0.29) is 0 Å². The molecule has 0 aromatic carbocycles. The van der Waals surface area contributed by atoms with Gasteiger partial charge in [0.05, 0.1) is 0 Å². The van der Waals surface area contributed by atoms with Crippen LogP contribution in [0.3, 0.4) is 0 Å². The molecule has 1 aliphatic carbocycles. The van der Waals surface area contributed by atoms with E-state index in [4.69, 9.17) is 5.11 Å². The summed E-state index contributed by atoms with van der Waals surface area (Å²) in [5, 5.41) is 12.4. The minimum absolute atomic E-state index is 0.361. The molecule has 0 bridgehead atoms. The third-order valence-corrected chi connectivity index (χ3v) is 4.36. The van der Waals surface area contributed by atoms with Crippen molar-refractivity contribution < 1.29 is 5.11 Å². The van der Waals surface area contributed by atoms with Crippen molar-refractivity contribution in [2.75, 3.05) is 32.8 Å². The standard InChI is InChI=1S/C15H30N2O/c18-12-4-2-1-3-9-17-10-7-14(8-11-17)13-16-15-5-6-15/h14-16,18H,1-13H2. The molecule has 0 atom stereocenters. The van der Waals surface area contributed by atoms with Crippen molar-refractivity contribution in [1.82, 2.24) is 10.2 Å². The largest absolute Gasteiger partial charge is 0.396 e. The van der Waals surface area contributed by atoms with Gasteiger partial charge >= 0.3 is 0 Å². The first-order chi connectivity index (χ1) is 8.88. The van der Waals surface area contributed by atoms with Crippen LogP contribution in [0.25, 0.3) is 0 Å². The number of aliphatic hydroxyl groups is 1. The van der Waals surface area contributed by atoms with Crippen LogP contribution in [0.5, 0.6) is 0 Å². The van der Waals surface area contributed by atoms with E-state index in [0.29, 0.717) is 6.61 Å². The number of nitrogens with one attached hydrogen (secondary N) is 1. The lowest BCUT2D eigenvalue weighted by atomic mass is 9.96. The van der Waals surface area contributed by atoms with Gasteiger partial charge in [-0.3, -0.25) is 0 Å². The number of aliphatic hydroxyl groups excluding tert-OH is 1. The highest BCUT2D eigenvalue weighted by atomic mass is 16.2. The second kappa shape index (κ2) is 8.13. The van der Waals surface area contributed by atoms with Crippen LogP contribution in [0.1, 0.15) is 51.4 Å². The van der Waals surface area contributed by atoms with E-state index < -0.39 is 0 Å². The lowest BCUT2D eigenvalue weighted by Gasteiger charge is -2.32. The van der Waals surface area contributed by atoms with Gasteiger partial charge in [0.15, 0.2) is 0 Å². The molecule has 0 unspecified atom stereocenters. The summed E-state index contributed by atoms with van der Waals surface area (Å²) < 4.78 is 0. The monoisotopic (exact) mass is 254 g/mol. The van der Waals surface area contributed by atoms with E-state index in [9.17, 15) is 0 Å². The molecule has 0 aromatic rings. The molecule has 3 nitrogen and oxygen atoms in total. The van der Waals surface area contributed by atoms with Crippen LogP contribution in [0.15, 0.2) is 0 Å². The molecule has 1 aliphatic heterocycles. The van der Waals surface area contributed by atoms with E-state index in [0.717, 1.165) is 18.4 Å². The molecular formula is C15H30N2O. The summed E-state index contributed by atoms with van der Waals surface area (Å²) in [6, 6.07) is 0.870. The predicted octanol–water partition coefficient (Wildman–Crippen LogP) is 2.00. The van der Waals surface area contributed by atoms with Gasteiger partial charge in [0.25, 0.3) is 0 Å². The number of hydrogen-bond acceptors (Lipinski definition) is 3. The Morgan fingerprint density at radius 2 is 1.67 bits per heavy atom. The molecule has 0 radical (unpaired) electrons. The number of nitrogens with zero attached hydrogens (tertiary/aromatic N) is 1. The molecule has 1 heterocycles. The lowest BCUT2D eigenvalue weighted by Crippen LogP contribution is -2.38. The molecule has 0 spiro atoms. The Morgan fingerprint density at radius 1 is 0.944 bits per heavy atom. The third-order valence-electron chi connectivity index (χ3n) is 4.36. The Hall–Kier alpha value is -0.120. The van der Waals surface area contributed by atoms with Gasteiger partial charge in [-0.15, -0.1) is 0 Å². The van der Waals surface area contributed by atoms with Crippen molar-refractivity contribution in [1.29, 1.82) is 0 Å². The van der Waals surface area contributed by atoms with Crippen LogP contribution in [0.4, 0.5) is 0 Å². The molecule has 2 fully saturated rings. The van der Waals surface area contributed by atoms with Gasteiger partial charge in [-0.05, 0) is 70.6 Å². The van der Waals surface area contributed by atoms with Crippen LogP contribution >= 0.6 is 0 Å². The molecule has 1 saturated carbocycles. The average Bonchev–Trinajstić information content (AvgIpc) is 3.22. The molecule has 2 aliphatic rings. The molecule has 2 rings (SSSR count). The van der Waals surface area contributed by atoms with Crippen molar-refractivity contribution in [2.45, 2.75) is 57.4 Å². The van der Waals surface area contributed by atoms with Crippen molar-refractivity contribution >= 4 is 0 Å². The maximum absolute atomic E-state index is 8.72. The zero-order valence-electron chi connectivity index (χ0n) is 11.7. The highest BCUT2D eigenvalue weighted by Crippen LogP contribution is 2.21. The van der Waals surface area contributed by atoms with Gasteiger partial charge in [0.1, 0.15) is 0 Å². The Balaban J connectivity index is 1.45. The van der Waals surface area contributed by atoms with Crippen LogP contribution in [-0.4, -0.2) is 48.8 Å². The molecule has 0 amide bonds. The Labute approximate surface area is 112 Å². The van der Waals surface area contributed by atoms with Gasteiger partial charge in [0.2, 0.25) is 0 Å². The quantitative estimate of drug-likeness (QED) is 0.618. The molecule has 1 saturated heterocycles. The van der Waals surface area contributed by atoms with Crippen molar-refractivity contribution in [3.8, 4) is 0 Å². The molecule has 2 N–H and O–H groups in total. The summed E-state index contributed by atoms with van der Waals surface area (Å²) in [5.41, 5.74) is 0. The minimum Gasteiger partial charge on any atom is -0.396 e. The fraction of sp³-hybridized carbons (Fsp3) is 1.00. The number of rotatable bonds is 9. The Morgan fingerprint density at radius 3 is 2.33 bits per heavy atom. The van der Waals surface area contributed by atoms with Crippen LogP contribution < -0.4 is 5.32 Å². The zero-order valence-corrected chi connectivity index (χ0v) is 11.7. The van der Waals surface area contributed by atoms with Gasteiger partial charge in [-0.2, -0.15) is 0 Å². The van der Waals surface area contributed by atoms with Crippen molar-refractivity contribution in [3.05, 3.63) is 0 Å². The maximum Gasteiger partial charge on any atom is 0.0431 e. The maximum atomic E-state index is 8.72. The van der Waals surface area contributed by atoms with E-state index >= 15 is 0 Å². The van der Waals surface area contributed by atoms with E-state index in [2.05, 4.69) is 10.2 Å². The molecular weight excluding hydrogens is 224 g/mol. The summed E-state index contributed by atoms with van der Waals surface area (Å²) in [6.45, 7) is 5.50. The van der Waals surface area contributed by atoms with Gasteiger partial charge < -0.3 is 15.3 Å². The van der Waals surface area contributed by atoms with Crippen molar-refractivity contribution in [3.63, 3.8) is 0 Å². The fourth-order valence-electron chi connectivity index (χ4n) is 2.84. The summed E-state index contributed by atoms with van der Waals surface area (Å²) >= 11 is 0. The highest BCUT2D eigenvalue weighted by molar-refractivity contribution is 4.83. The van der Waals surface area contributed by atoms with Crippen molar-refractivity contribution in [2.24, 2.45) is 5.92 Å². The number of unbranched alkanes of at least 4 members (excludes halogenated alkanes) is 3. The first-order valence-electron chi connectivity index (χ1n) is 7.95. The molecule has 18 heavy (non-hydrogen) atoms. The predicted molar refractivity (Wildman–Crippen MR) is 75.7 cm³/mol. The second-order valence-corrected chi connectivity index (χ2v) is 6.11. The molecule has 0 aromatic heterocycles. The summed E-state index contributed by atoms with van der Waals surface area (Å²) in [7, 11) is 0. The second-order valence-electron chi connectivity index (χ2n) is 6.11. The highest BCUT2D eigenvalue weighted by Gasteiger charge is 2.23. The van der Waals surface area contributed by atoms with Crippen LogP contribution in [-0.2, 0) is 0 Å². The van der Waals surface area contributed by atoms with Gasteiger partial charge in [0, 0.05) is 12.6 Å². The summed E-state index contributed by atoms with van der Waals surface area (Å²) in [5.74, 6) is 0.927. The summed E-state index contributed by atoms with van der Waals surface area (Å²) in [4.78, 5) is 2.63. The minimum atomic E-state index is 0.361. The molecule has 3 heteroatoms. The average molecular weight is 254 g/mol. The van der Waals surface area contributed by atoms with E-state index in [1.807, 2.05) is 0 Å².